The van der Waals surface area contributed by atoms with E-state index in [4.69, 9.17) is 4.74 Å². The second-order valence-electron chi connectivity index (χ2n) is 7.47. The molecule has 0 radical (unpaired) electrons. The molecule has 2 N–H and O–H groups in total. The zero-order valence-corrected chi connectivity index (χ0v) is 16.1. The normalized spacial score (nSPS) is 19.6. The van der Waals surface area contributed by atoms with Gasteiger partial charge in [-0.1, -0.05) is 36.4 Å². The molecule has 2 aromatic rings. The van der Waals surface area contributed by atoms with Gasteiger partial charge in [-0.15, -0.1) is 0 Å². The summed E-state index contributed by atoms with van der Waals surface area (Å²) in [7, 11) is 1.70. The first-order chi connectivity index (χ1) is 13.1. The van der Waals surface area contributed by atoms with Crippen LogP contribution in [0.4, 0.5) is 4.39 Å². The second kappa shape index (κ2) is 9.45. The smallest absolute Gasteiger partial charge is 0.123 e. The van der Waals surface area contributed by atoms with E-state index < -0.39 is 5.60 Å². The monoisotopic (exact) mass is 371 g/mol. The van der Waals surface area contributed by atoms with E-state index in [0.29, 0.717) is 13.0 Å². The Morgan fingerprint density at radius 3 is 2.78 bits per heavy atom. The lowest BCUT2D eigenvalue weighted by Crippen LogP contribution is -2.44. The van der Waals surface area contributed by atoms with Crippen molar-refractivity contribution in [3.63, 3.8) is 0 Å². The maximum absolute atomic E-state index is 13.8. The fraction of sp³-hybridized carbons (Fsp3) is 0.478. The van der Waals surface area contributed by atoms with E-state index in [1.54, 1.807) is 19.2 Å². The first-order valence-corrected chi connectivity index (χ1v) is 9.92. The molecule has 0 aliphatic carbocycles. The molecule has 146 valence electrons. The Morgan fingerprint density at radius 2 is 2.04 bits per heavy atom. The van der Waals surface area contributed by atoms with E-state index in [2.05, 4.69) is 5.32 Å². The SMILES string of the molecule is COCCCC[C@@](O)(c1ccccc1-c1cccc(F)c1)[C@@H]1CCCNC1. The molecule has 4 heteroatoms. The van der Waals surface area contributed by atoms with Crippen LogP contribution in [0.5, 0.6) is 0 Å². The minimum Gasteiger partial charge on any atom is -0.385 e. The number of hydrogen-bond acceptors (Lipinski definition) is 3. The van der Waals surface area contributed by atoms with Crippen LogP contribution in [0, 0.1) is 11.7 Å². The number of benzene rings is 2. The Bertz CT molecular complexity index is 730. The predicted molar refractivity (Wildman–Crippen MR) is 107 cm³/mol. The average Bonchev–Trinajstić information content (AvgIpc) is 2.72. The van der Waals surface area contributed by atoms with E-state index in [1.165, 1.54) is 6.07 Å². The van der Waals surface area contributed by atoms with Crippen LogP contribution in [-0.2, 0) is 10.3 Å². The number of halogens is 1. The van der Waals surface area contributed by atoms with Gasteiger partial charge in [-0.3, -0.25) is 0 Å². The van der Waals surface area contributed by atoms with Crippen molar-refractivity contribution >= 4 is 0 Å². The highest BCUT2D eigenvalue weighted by molar-refractivity contribution is 5.68. The number of rotatable bonds is 8. The van der Waals surface area contributed by atoms with E-state index in [-0.39, 0.29) is 11.7 Å². The number of unbranched alkanes of at least 4 members (excludes halogenated alkanes) is 1. The number of methoxy groups -OCH3 is 1. The van der Waals surface area contributed by atoms with Gasteiger partial charge in [-0.05, 0) is 67.5 Å². The first-order valence-electron chi connectivity index (χ1n) is 9.92. The van der Waals surface area contributed by atoms with Gasteiger partial charge in [0, 0.05) is 26.2 Å². The molecule has 3 nitrogen and oxygen atoms in total. The molecular formula is C23H30FNO2. The molecule has 0 saturated carbocycles. The summed E-state index contributed by atoms with van der Waals surface area (Å²) >= 11 is 0. The van der Waals surface area contributed by atoms with Gasteiger partial charge in [0.15, 0.2) is 0 Å². The lowest BCUT2D eigenvalue weighted by atomic mass is 9.72. The lowest BCUT2D eigenvalue weighted by molar-refractivity contribution is -0.0429. The molecule has 0 bridgehead atoms. The van der Waals surface area contributed by atoms with Crippen LogP contribution in [0.15, 0.2) is 48.5 Å². The topological polar surface area (TPSA) is 41.5 Å². The second-order valence-corrected chi connectivity index (χ2v) is 7.47. The number of ether oxygens (including phenoxy) is 1. The molecule has 0 spiro atoms. The van der Waals surface area contributed by atoms with Crippen molar-refractivity contribution in [2.24, 2.45) is 5.92 Å². The molecule has 1 fully saturated rings. The Morgan fingerprint density at radius 1 is 1.19 bits per heavy atom. The van der Waals surface area contributed by atoms with Gasteiger partial charge in [-0.25, -0.2) is 4.39 Å². The zero-order chi connectivity index (χ0) is 19.1. The highest BCUT2D eigenvalue weighted by atomic mass is 19.1. The molecule has 1 aliphatic rings. The fourth-order valence-corrected chi connectivity index (χ4v) is 4.23. The molecule has 3 rings (SSSR count). The van der Waals surface area contributed by atoms with Gasteiger partial charge in [0.2, 0.25) is 0 Å². The average molecular weight is 371 g/mol. The highest BCUT2D eigenvalue weighted by Crippen LogP contribution is 2.42. The Kier molecular flexibility index (Phi) is 7.00. The molecule has 0 amide bonds. The van der Waals surface area contributed by atoms with E-state index in [0.717, 1.165) is 55.5 Å². The Hall–Kier alpha value is -1.75. The maximum Gasteiger partial charge on any atom is 0.123 e. The molecule has 1 saturated heterocycles. The lowest BCUT2D eigenvalue weighted by Gasteiger charge is -2.40. The van der Waals surface area contributed by atoms with Crippen molar-refractivity contribution in [1.82, 2.24) is 5.32 Å². The number of hydrogen-bond donors (Lipinski definition) is 2. The van der Waals surface area contributed by atoms with Crippen molar-refractivity contribution in [2.45, 2.75) is 37.7 Å². The van der Waals surface area contributed by atoms with Crippen LogP contribution in [0.25, 0.3) is 11.1 Å². The van der Waals surface area contributed by atoms with E-state index in [9.17, 15) is 9.50 Å². The summed E-state index contributed by atoms with van der Waals surface area (Å²) in [4.78, 5) is 0. The maximum atomic E-state index is 13.8. The molecule has 2 aromatic carbocycles. The molecular weight excluding hydrogens is 341 g/mol. The zero-order valence-electron chi connectivity index (χ0n) is 16.1. The molecule has 1 aliphatic heterocycles. The summed E-state index contributed by atoms with van der Waals surface area (Å²) in [5.41, 5.74) is 1.69. The Balaban J connectivity index is 1.98. The van der Waals surface area contributed by atoms with Crippen LogP contribution in [-0.4, -0.2) is 31.9 Å². The van der Waals surface area contributed by atoms with E-state index in [1.807, 2.05) is 30.3 Å². The van der Waals surface area contributed by atoms with Crippen LogP contribution < -0.4 is 5.32 Å². The standard InChI is InChI=1S/C23H30FNO2/c1-27-15-5-4-13-23(26,19-9-7-14-25-17-19)22-12-3-2-11-21(22)18-8-6-10-20(24)16-18/h2-3,6,8,10-12,16,19,25-26H,4-5,7,9,13-15,17H2,1H3/t19-,23+/m1/s1. The third-order valence-corrected chi connectivity index (χ3v) is 5.66. The van der Waals surface area contributed by atoms with Crippen molar-refractivity contribution < 1.29 is 14.2 Å². The summed E-state index contributed by atoms with van der Waals surface area (Å²) in [6, 6.07) is 14.5. The third-order valence-electron chi connectivity index (χ3n) is 5.66. The molecule has 2 atom stereocenters. The first kappa shape index (κ1) is 20.0. The van der Waals surface area contributed by atoms with E-state index >= 15 is 0 Å². The van der Waals surface area contributed by atoms with Crippen LogP contribution >= 0.6 is 0 Å². The number of nitrogens with one attached hydrogen (secondary N) is 1. The van der Waals surface area contributed by atoms with Gasteiger partial charge >= 0.3 is 0 Å². The summed E-state index contributed by atoms with van der Waals surface area (Å²) in [5.74, 6) is -0.117. The summed E-state index contributed by atoms with van der Waals surface area (Å²) in [6.07, 6.45) is 4.53. The minimum absolute atomic E-state index is 0.142. The van der Waals surface area contributed by atoms with Gasteiger partial charge in [0.1, 0.15) is 5.82 Å². The van der Waals surface area contributed by atoms with Crippen molar-refractivity contribution in [3.05, 3.63) is 59.9 Å². The quantitative estimate of drug-likeness (QED) is 0.672. The third kappa shape index (κ3) is 4.75. The van der Waals surface area contributed by atoms with Crippen molar-refractivity contribution in [3.8, 4) is 11.1 Å². The molecule has 0 aromatic heterocycles. The van der Waals surface area contributed by atoms with Gasteiger partial charge in [0.05, 0.1) is 5.60 Å². The van der Waals surface area contributed by atoms with Crippen LogP contribution in [0.2, 0.25) is 0 Å². The van der Waals surface area contributed by atoms with Crippen LogP contribution in [0.1, 0.15) is 37.7 Å². The fourth-order valence-electron chi connectivity index (χ4n) is 4.23. The van der Waals surface area contributed by atoms with Crippen molar-refractivity contribution in [1.29, 1.82) is 0 Å². The van der Waals surface area contributed by atoms with Gasteiger partial charge in [-0.2, -0.15) is 0 Å². The number of aliphatic hydroxyl groups is 1. The van der Waals surface area contributed by atoms with Gasteiger partial charge in [0.25, 0.3) is 0 Å². The summed E-state index contributed by atoms with van der Waals surface area (Å²) in [5, 5.41) is 15.4. The van der Waals surface area contributed by atoms with Gasteiger partial charge < -0.3 is 15.2 Å². The summed E-state index contributed by atoms with van der Waals surface area (Å²) < 4.78 is 19.0. The predicted octanol–water partition coefficient (Wildman–Crippen LogP) is 4.50. The Labute approximate surface area is 161 Å². The van der Waals surface area contributed by atoms with Crippen LogP contribution in [0.3, 0.4) is 0 Å². The molecule has 0 unspecified atom stereocenters. The summed E-state index contributed by atoms with van der Waals surface area (Å²) in [6.45, 7) is 2.50. The van der Waals surface area contributed by atoms with Crippen molar-refractivity contribution in [2.75, 3.05) is 26.8 Å². The molecule has 1 heterocycles. The highest BCUT2D eigenvalue weighted by Gasteiger charge is 2.40. The molecule has 27 heavy (non-hydrogen) atoms. The largest absolute Gasteiger partial charge is 0.385 e. The number of piperidine rings is 1. The minimum atomic E-state index is -0.940.